The highest BCUT2D eigenvalue weighted by Crippen LogP contribution is 1.84. The summed E-state index contributed by atoms with van der Waals surface area (Å²) in [4.78, 5) is 45.0. The Morgan fingerprint density at radius 2 is 1.13 bits per heavy atom. The quantitative estimate of drug-likeness (QED) is 0.255. The van der Waals surface area contributed by atoms with Crippen molar-refractivity contribution in [2.75, 3.05) is 26.3 Å². The van der Waals surface area contributed by atoms with Crippen LogP contribution in [0.25, 0.3) is 0 Å². The Labute approximate surface area is 134 Å². The fourth-order valence-corrected chi connectivity index (χ4v) is 1.04. The molecule has 9 heteroatoms. The molecule has 0 saturated carbocycles. The van der Waals surface area contributed by atoms with Gasteiger partial charge in [-0.3, -0.25) is 30.0 Å². The molecule has 0 radical (unpaired) electrons. The number of carbonyl (C=O) groups is 4. The molecule has 0 spiro atoms. The fraction of sp³-hybridized carbons (Fsp3) is 0.429. The number of hydrogen-bond acceptors (Lipinski definition) is 7. The van der Waals surface area contributed by atoms with Crippen LogP contribution in [-0.4, -0.2) is 49.7 Å². The molecule has 2 amide bonds. The molecule has 0 unspecified atom stereocenters. The van der Waals surface area contributed by atoms with Crippen LogP contribution in [-0.2, 0) is 23.9 Å². The summed E-state index contributed by atoms with van der Waals surface area (Å²) in [6, 6.07) is 0. The third-order valence-corrected chi connectivity index (χ3v) is 2.28. The van der Waals surface area contributed by atoms with E-state index in [9.17, 15) is 19.2 Å². The fourth-order valence-electron chi connectivity index (χ4n) is 1.04. The average molecular weight is 326 g/mol. The van der Waals surface area contributed by atoms with Crippen molar-refractivity contribution < 1.29 is 23.9 Å². The molecule has 0 aromatic heterocycles. The monoisotopic (exact) mass is 326 g/mol. The van der Waals surface area contributed by atoms with Crippen LogP contribution in [0.2, 0.25) is 0 Å². The van der Waals surface area contributed by atoms with Gasteiger partial charge in [0.2, 0.25) is 0 Å². The van der Waals surface area contributed by atoms with Gasteiger partial charge in [0.05, 0.1) is 13.1 Å². The summed E-state index contributed by atoms with van der Waals surface area (Å²) < 4.78 is 4.93. The molecule has 128 valence electrons. The van der Waals surface area contributed by atoms with Gasteiger partial charge in [-0.2, -0.15) is 0 Å². The van der Waals surface area contributed by atoms with Gasteiger partial charge in [0.15, 0.2) is 11.6 Å². The van der Waals surface area contributed by atoms with Crippen molar-refractivity contribution in [3.8, 4) is 0 Å². The lowest BCUT2D eigenvalue weighted by molar-refractivity contribution is -0.128. The molecule has 9 nitrogen and oxygen atoms in total. The minimum Gasteiger partial charge on any atom is -0.366 e. The van der Waals surface area contributed by atoms with Gasteiger partial charge in [-0.15, -0.1) is 0 Å². The van der Waals surface area contributed by atoms with Crippen LogP contribution in [0.5, 0.6) is 0 Å². The number of Topliss-reactive ketones (excluding diaryl/α,β-unsaturated/α-hetero) is 2. The molecule has 0 atom stereocenters. The van der Waals surface area contributed by atoms with Gasteiger partial charge in [0.1, 0.15) is 13.2 Å². The van der Waals surface area contributed by atoms with Crippen molar-refractivity contribution >= 4 is 23.4 Å². The first-order valence-electron chi connectivity index (χ1n) is 6.72. The Morgan fingerprint density at radius 1 is 0.783 bits per heavy atom. The van der Waals surface area contributed by atoms with E-state index in [0.29, 0.717) is 11.1 Å². The molecule has 0 aromatic rings. The molecule has 0 aliphatic rings. The Hall–Kier alpha value is -2.36. The standard InChI is InChI=1S/C14H22N4O5/c1-9(2)13(21)17-15-5-11(19)7-23-8-12(20)6-16-18-14(22)10(3)4/h15-16H,1,3,5-8H2,2,4H3,(H,17,21)(H,18,22). The average Bonchev–Trinajstić information content (AvgIpc) is 2.46. The van der Waals surface area contributed by atoms with E-state index in [1.807, 2.05) is 0 Å². The lowest BCUT2D eigenvalue weighted by atomic mass is 10.3. The molecular formula is C14H22N4O5. The van der Waals surface area contributed by atoms with E-state index in [1.165, 1.54) is 13.8 Å². The Bertz CT molecular complexity index is 457. The molecule has 0 aliphatic carbocycles. The number of ether oxygens (including phenoxy) is 1. The highest BCUT2D eigenvalue weighted by atomic mass is 16.5. The van der Waals surface area contributed by atoms with Crippen LogP contribution in [0.3, 0.4) is 0 Å². The smallest absolute Gasteiger partial charge is 0.260 e. The minimum absolute atomic E-state index is 0.139. The zero-order valence-corrected chi connectivity index (χ0v) is 13.3. The molecule has 0 aliphatic heterocycles. The highest BCUT2D eigenvalue weighted by molar-refractivity contribution is 5.92. The van der Waals surface area contributed by atoms with E-state index in [0.717, 1.165) is 0 Å². The predicted molar refractivity (Wildman–Crippen MR) is 82.8 cm³/mol. The second-order valence-electron chi connectivity index (χ2n) is 4.75. The lowest BCUT2D eigenvalue weighted by Crippen LogP contribution is -2.42. The largest absolute Gasteiger partial charge is 0.366 e. The predicted octanol–water partition coefficient (Wildman–Crippen LogP) is -1.46. The number of amides is 2. The Kier molecular flexibility index (Phi) is 10.1. The van der Waals surface area contributed by atoms with Crippen molar-refractivity contribution in [3.63, 3.8) is 0 Å². The molecule has 23 heavy (non-hydrogen) atoms. The zero-order valence-electron chi connectivity index (χ0n) is 13.3. The van der Waals surface area contributed by atoms with E-state index in [2.05, 4.69) is 34.9 Å². The van der Waals surface area contributed by atoms with E-state index in [-0.39, 0.29) is 37.9 Å². The summed E-state index contributed by atoms with van der Waals surface area (Å²) >= 11 is 0. The van der Waals surface area contributed by atoms with E-state index < -0.39 is 11.8 Å². The molecule has 4 N–H and O–H groups in total. The SMILES string of the molecule is C=C(C)C(=O)NNCC(=O)COCC(=O)CNNC(=O)C(=C)C. The third-order valence-electron chi connectivity index (χ3n) is 2.28. The molecule has 0 bridgehead atoms. The van der Waals surface area contributed by atoms with E-state index >= 15 is 0 Å². The van der Waals surface area contributed by atoms with Gasteiger partial charge in [-0.05, 0) is 13.8 Å². The number of ketones is 2. The molecule has 0 rings (SSSR count). The van der Waals surface area contributed by atoms with Crippen LogP contribution >= 0.6 is 0 Å². The van der Waals surface area contributed by atoms with Gasteiger partial charge in [-0.1, -0.05) is 13.2 Å². The third kappa shape index (κ3) is 10.9. The van der Waals surface area contributed by atoms with Gasteiger partial charge in [0, 0.05) is 11.1 Å². The summed E-state index contributed by atoms with van der Waals surface area (Å²) in [5.41, 5.74) is 9.99. The summed E-state index contributed by atoms with van der Waals surface area (Å²) in [6.45, 7) is 9.08. The first kappa shape index (κ1) is 20.6. The maximum Gasteiger partial charge on any atom is 0.260 e. The topological polar surface area (TPSA) is 126 Å². The van der Waals surface area contributed by atoms with Gasteiger partial charge >= 0.3 is 0 Å². The maximum absolute atomic E-state index is 11.4. The van der Waals surface area contributed by atoms with Gasteiger partial charge < -0.3 is 4.74 Å². The highest BCUT2D eigenvalue weighted by Gasteiger charge is 2.07. The second kappa shape index (κ2) is 11.2. The van der Waals surface area contributed by atoms with Crippen LogP contribution < -0.4 is 21.7 Å². The number of nitrogens with one attached hydrogen (secondary N) is 4. The maximum atomic E-state index is 11.4. The normalized spacial score (nSPS) is 9.83. The summed E-state index contributed by atoms with van der Waals surface area (Å²) in [5.74, 6) is -1.53. The molecule has 0 aromatic carbocycles. The van der Waals surface area contributed by atoms with Crippen molar-refractivity contribution in [3.05, 3.63) is 24.3 Å². The van der Waals surface area contributed by atoms with E-state index in [4.69, 9.17) is 4.74 Å². The number of hydrazine groups is 2. The van der Waals surface area contributed by atoms with Crippen LogP contribution in [0, 0.1) is 0 Å². The van der Waals surface area contributed by atoms with Crippen molar-refractivity contribution in [2.24, 2.45) is 0 Å². The van der Waals surface area contributed by atoms with Crippen LogP contribution in [0.4, 0.5) is 0 Å². The molecule has 0 fully saturated rings. The molecule has 0 heterocycles. The summed E-state index contributed by atoms with van der Waals surface area (Å²) in [7, 11) is 0. The Balaban J connectivity index is 3.69. The number of hydrogen-bond donors (Lipinski definition) is 4. The number of rotatable bonds is 12. The first-order valence-corrected chi connectivity index (χ1v) is 6.72. The minimum atomic E-state index is -0.420. The van der Waals surface area contributed by atoms with Crippen molar-refractivity contribution in [1.82, 2.24) is 21.7 Å². The van der Waals surface area contributed by atoms with Crippen LogP contribution in [0.1, 0.15) is 13.8 Å². The Morgan fingerprint density at radius 3 is 1.43 bits per heavy atom. The van der Waals surface area contributed by atoms with Gasteiger partial charge in [0.25, 0.3) is 11.8 Å². The first-order chi connectivity index (χ1) is 10.7. The van der Waals surface area contributed by atoms with Gasteiger partial charge in [-0.25, -0.2) is 10.9 Å². The van der Waals surface area contributed by atoms with Crippen molar-refractivity contribution in [1.29, 1.82) is 0 Å². The molecular weight excluding hydrogens is 304 g/mol. The van der Waals surface area contributed by atoms with E-state index in [1.54, 1.807) is 0 Å². The van der Waals surface area contributed by atoms with Crippen LogP contribution in [0.15, 0.2) is 24.3 Å². The zero-order chi connectivity index (χ0) is 17.8. The summed E-state index contributed by atoms with van der Waals surface area (Å²) in [6.07, 6.45) is 0. The van der Waals surface area contributed by atoms with Crippen molar-refractivity contribution in [2.45, 2.75) is 13.8 Å². The summed E-state index contributed by atoms with van der Waals surface area (Å²) in [5, 5.41) is 0. The second-order valence-corrected chi connectivity index (χ2v) is 4.75. The molecule has 0 saturated heterocycles. The number of carbonyl (C=O) groups excluding carboxylic acids is 4. The lowest BCUT2D eigenvalue weighted by Gasteiger charge is -2.08.